The first-order valence-electron chi connectivity index (χ1n) is 7.11. The Hall–Kier alpha value is -0.540. The van der Waals surface area contributed by atoms with Gasteiger partial charge in [-0.3, -0.25) is 0 Å². The summed E-state index contributed by atoms with van der Waals surface area (Å²) in [4.78, 5) is 0. The predicted octanol–water partition coefficient (Wildman–Crippen LogP) is 4.52. The standard InChI is InChI=1S/C16H24BrNO/c1-16(2,3)18-10-13-8-5-9-14(17)15(13)19-11-12-6-4-7-12/h5,8-9,12,18H,4,6-7,10-11H2,1-3H3. The first-order valence-corrected chi connectivity index (χ1v) is 7.90. The van der Waals surface area contributed by atoms with Crippen LogP contribution < -0.4 is 10.1 Å². The van der Waals surface area contributed by atoms with Crippen LogP contribution in [-0.4, -0.2) is 12.1 Å². The highest BCUT2D eigenvalue weighted by atomic mass is 79.9. The van der Waals surface area contributed by atoms with Crippen molar-refractivity contribution in [3.8, 4) is 5.75 Å². The molecule has 2 rings (SSSR count). The molecule has 0 unspecified atom stereocenters. The van der Waals surface area contributed by atoms with E-state index in [1.165, 1.54) is 24.8 Å². The van der Waals surface area contributed by atoms with E-state index in [1.54, 1.807) is 0 Å². The van der Waals surface area contributed by atoms with Crippen LogP contribution in [0.5, 0.6) is 5.75 Å². The second-order valence-electron chi connectivity index (χ2n) is 6.44. The molecular formula is C16H24BrNO. The van der Waals surface area contributed by atoms with Crippen molar-refractivity contribution in [2.24, 2.45) is 5.92 Å². The molecule has 1 aromatic rings. The van der Waals surface area contributed by atoms with Gasteiger partial charge in [0.2, 0.25) is 0 Å². The number of rotatable bonds is 5. The number of hydrogen-bond donors (Lipinski definition) is 1. The van der Waals surface area contributed by atoms with Crippen LogP contribution in [0.1, 0.15) is 45.6 Å². The molecule has 0 aromatic heterocycles. The quantitative estimate of drug-likeness (QED) is 0.859. The molecule has 1 aromatic carbocycles. The first-order chi connectivity index (χ1) is 8.96. The minimum absolute atomic E-state index is 0.119. The fourth-order valence-corrected chi connectivity index (χ4v) is 2.60. The summed E-state index contributed by atoms with van der Waals surface area (Å²) in [5.74, 6) is 1.77. The Labute approximate surface area is 125 Å². The molecular weight excluding hydrogens is 302 g/mol. The van der Waals surface area contributed by atoms with E-state index in [-0.39, 0.29) is 5.54 Å². The van der Waals surface area contributed by atoms with Crippen molar-refractivity contribution in [2.75, 3.05) is 6.61 Å². The normalized spacial score (nSPS) is 16.2. The van der Waals surface area contributed by atoms with Crippen LogP contribution >= 0.6 is 15.9 Å². The molecule has 1 fully saturated rings. The smallest absolute Gasteiger partial charge is 0.137 e. The van der Waals surface area contributed by atoms with E-state index in [0.29, 0.717) is 0 Å². The monoisotopic (exact) mass is 325 g/mol. The lowest BCUT2D eigenvalue weighted by atomic mass is 9.86. The average Bonchev–Trinajstić information content (AvgIpc) is 2.26. The molecule has 1 N–H and O–H groups in total. The van der Waals surface area contributed by atoms with Gasteiger partial charge < -0.3 is 10.1 Å². The zero-order valence-electron chi connectivity index (χ0n) is 12.1. The maximum absolute atomic E-state index is 6.05. The molecule has 2 nitrogen and oxygen atoms in total. The maximum Gasteiger partial charge on any atom is 0.137 e. The lowest BCUT2D eigenvalue weighted by molar-refractivity contribution is 0.178. The van der Waals surface area contributed by atoms with Gasteiger partial charge in [-0.2, -0.15) is 0 Å². The van der Waals surface area contributed by atoms with Gasteiger partial charge in [-0.15, -0.1) is 0 Å². The summed E-state index contributed by atoms with van der Waals surface area (Å²) in [6.45, 7) is 8.23. The molecule has 1 aliphatic rings. The fraction of sp³-hybridized carbons (Fsp3) is 0.625. The van der Waals surface area contributed by atoms with Gasteiger partial charge >= 0.3 is 0 Å². The summed E-state index contributed by atoms with van der Waals surface area (Å²) in [6, 6.07) is 6.26. The van der Waals surface area contributed by atoms with Gasteiger partial charge in [-0.1, -0.05) is 18.6 Å². The van der Waals surface area contributed by atoms with Crippen molar-refractivity contribution in [1.82, 2.24) is 5.32 Å². The molecule has 0 amide bonds. The predicted molar refractivity (Wildman–Crippen MR) is 83.6 cm³/mol. The number of nitrogens with one attached hydrogen (secondary N) is 1. The van der Waals surface area contributed by atoms with Gasteiger partial charge in [0.05, 0.1) is 11.1 Å². The molecule has 1 saturated carbocycles. The van der Waals surface area contributed by atoms with Crippen LogP contribution in [0.3, 0.4) is 0 Å². The molecule has 19 heavy (non-hydrogen) atoms. The van der Waals surface area contributed by atoms with E-state index in [4.69, 9.17) is 4.74 Å². The lowest BCUT2D eigenvalue weighted by Crippen LogP contribution is -2.35. The Bertz CT molecular complexity index is 421. The summed E-state index contributed by atoms with van der Waals surface area (Å²) >= 11 is 3.60. The van der Waals surface area contributed by atoms with Gasteiger partial charge in [-0.05, 0) is 61.5 Å². The number of halogens is 1. The van der Waals surface area contributed by atoms with Gasteiger partial charge in [0.15, 0.2) is 0 Å². The zero-order valence-corrected chi connectivity index (χ0v) is 13.7. The lowest BCUT2D eigenvalue weighted by Gasteiger charge is -2.27. The van der Waals surface area contributed by atoms with E-state index < -0.39 is 0 Å². The summed E-state index contributed by atoms with van der Waals surface area (Å²) in [7, 11) is 0. The third kappa shape index (κ3) is 4.50. The van der Waals surface area contributed by atoms with Gasteiger partial charge in [0, 0.05) is 17.6 Å². The molecule has 0 aliphatic heterocycles. The highest BCUT2D eigenvalue weighted by molar-refractivity contribution is 9.10. The van der Waals surface area contributed by atoms with Gasteiger partial charge in [-0.25, -0.2) is 0 Å². The Kier molecular flexibility index (Phi) is 4.91. The van der Waals surface area contributed by atoms with Gasteiger partial charge in [0.1, 0.15) is 5.75 Å². The maximum atomic E-state index is 6.05. The van der Waals surface area contributed by atoms with E-state index in [0.717, 1.165) is 29.3 Å². The first kappa shape index (κ1) is 14.9. The molecule has 0 atom stereocenters. The van der Waals surface area contributed by atoms with Crippen LogP contribution in [0.2, 0.25) is 0 Å². The van der Waals surface area contributed by atoms with Crippen LogP contribution in [-0.2, 0) is 6.54 Å². The average molecular weight is 326 g/mol. The molecule has 1 aliphatic carbocycles. The van der Waals surface area contributed by atoms with Gasteiger partial charge in [0.25, 0.3) is 0 Å². The molecule has 3 heteroatoms. The van der Waals surface area contributed by atoms with Crippen molar-refractivity contribution >= 4 is 15.9 Å². The largest absolute Gasteiger partial charge is 0.492 e. The number of hydrogen-bond acceptors (Lipinski definition) is 2. The topological polar surface area (TPSA) is 21.3 Å². The van der Waals surface area contributed by atoms with E-state index in [9.17, 15) is 0 Å². The summed E-state index contributed by atoms with van der Waals surface area (Å²) < 4.78 is 7.11. The van der Waals surface area contributed by atoms with E-state index in [1.807, 2.05) is 0 Å². The SMILES string of the molecule is CC(C)(C)NCc1cccc(Br)c1OCC1CCC1. The third-order valence-electron chi connectivity index (χ3n) is 3.55. The summed E-state index contributed by atoms with van der Waals surface area (Å²) in [5, 5.41) is 3.52. The molecule has 0 spiro atoms. The van der Waals surface area contributed by atoms with Crippen LogP contribution in [0.15, 0.2) is 22.7 Å². The minimum Gasteiger partial charge on any atom is -0.492 e. The van der Waals surface area contributed by atoms with E-state index >= 15 is 0 Å². The highest BCUT2D eigenvalue weighted by Gasteiger charge is 2.19. The number of benzene rings is 1. The molecule has 0 bridgehead atoms. The van der Waals surface area contributed by atoms with Crippen molar-refractivity contribution < 1.29 is 4.74 Å². The van der Waals surface area contributed by atoms with Crippen molar-refractivity contribution in [3.05, 3.63) is 28.2 Å². The van der Waals surface area contributed by atoms with Crippen LogP contribution in [0.25, 0.3) is 0 Å². The summed E-state index contributed by atoms with van der Waals surface area (Å²) in [6.07, 6.45) is 4.00. The Balaban J connectivity index is 2.01. The fourth-order valence-electron chi connectivity index (χ4n) is 2.08. The molecule has 106 valence electrons. The number of ether oxygens (including phenoxy) is 1. The molecule has 0 radical (unpaired) electrons. The van der Waals surface area contributed by atoms with Crippen molar-refractivity contribution in [3.63, 3.8) is 0 Å². The number of para-hydroxylation sites is 1. The van der Waals surface area contributed by atoms with Crippen LogP contribution in [0, 0.1) is 5.92 Å². The van der Waals surface area contributed by atoms with Crippen LogP contribution in [0.4, 0.5) is 0 Å². The second kappa shape index (κ2) is 6.27. The Morgan fingerprint density at radius 1 is 1.32 bits per heavy atom. The molecule has 0 saturated heterocycles. The second-order valence-corrected chi connectivity index (χ2v) is 7.29. The summed E-state index contributed by atoms with van der Waals surface area (Å²) in [5.41, 5.74) is 1.34. The minimum atomic E-state index is 0.119. The van der Waals surface area contributed by atoms with Crippen molar-refractivity contribution in [2.45, 2.75) is 52.1 Å². The van der Waals surface area contributed by atoms with E-state index in [2.05, 4.69) is 60.2 Å². The Morgan fingerprint density at radius 3 is 2.63 bits per heavy atom. The molecule has 0 heterocycles. The third-order valence-corrected chi connectivity index (χ3v) is 4.17. The zero-order chi connectivity index (χ0) is 13.9. The Morgan fingerprint density at radius 2 is 2.05 bits per heavy atom. The highest BCUT2D eigenvalue weighted by Crippen LogP contribution is 2.32. The van der Waals surface area contributed by atoms with Crippen molar-refractivity contribution in [1.29, 1.82) is 0 Å².